The van der Waals surface area contributed by atoms with Crippen molar-refractivity contribution >= 4 is 0 Å². The molecule has 0 aromatic carbocycles. The van der Waals surface area contributed by atoms with Gasteiger partial charge in [0.1, 0.15) is 12.2 Å². The second-order valence-corrected chi connectivity index (χ2v) is 4.29. The molecule has 6 heteroatoms. The summed E-state index contributed by atoms with van der Waals surface area (Å²) < 4.78 is 32.4. The van der Waals surface area contributed by atoms with E-state index in [1.807, 2.05) is 0 Å². The van der Waals surface area contributed by atoms with Gasteiger partial charge in [-0.25, -0.2) is 0 Å². The van der Waals surface area contributed by atoms with E-state index in [-0.39, 0.29) is 12.2 Å². The van der Waals surface area contributed by atoms with E-state index in [1.54, 1.807) is 0 Å². The summed E-state index contributed by atoms with van der Waals surface area (Å²) in [7, 11) is 0. The zero-order chi connectivity index (χ0) is 12.5. The molecule has 2 saturated heterocycles. The van der Waals surface area contributed by atoms with Crippen LogP contribution >= 0.6 is 0 Å². The molecular weight excluding hydrogens is 240 g/mol. The molecule has 0 radical (unpaired) electrons. The van der Waals surface area contributed by atoms with Crippen molar-refractivity contribution in [1.29, 1.82) is 0 Å². The lowest BCUT2D eigenvalue weighted by molar-refractivity contribution is -0.0909. The van der Waals surface area contributed by atoms with Crippen molar-refractivity contribution in [2.45, 2.75) is 12.2 Å². The molecule has 0 spiro atoms. The fourth-order valence-corrected chi connectivity index (χ4v) is 1.57. The monoisotopic (exact) mass is 262 g/mol. The van der Waals surface area contributed by atoms with E-state index in [2.05, 4.69) is 0 Å². The maximum atomic E-state index is 5.66. The van der Waals surface area contributed by atoms with Gasteiger partial charge < -0.3 is 28.4 Å². The maximum absolute atomic E-state index is 5.66. The van der Waals surface area contributed by atoms with E-state index < -0.39 is 0 Å². The first-order valence-corrected chi connectivity index (χ1v) is 6.49. The SMILES string of the molecule is C1COCCOC(COCC2CO2)COCCO1. The van der Waals surface area contributed by atoms with Crippen molar-refractivity contribution in [3.63, 3.8) is 0 Å². The first-order valence-electron chi connectivity index (χ1n) is 6.49. The van der Waals surface area contributed by atoms with Crippen molar-refractivity contribution < 1.29 is 28.4 Å². The van der Waals surface area contributed by atoms with Gasteiger partial charge in [-0.1, -0.05) is 0 Å². The fourth-order valence-electron chi connectivity index (χ4n) is 1.57. The van der Waals surface area contributed by atoms with Crippen LogP contribution in [0.1, 0.15) is 0 Å². The van der Waals surface area contributed by atoms with E-state index in [4.69, 9.17) is 28.4 Å². The minimum absolute atomic E-state index is 0.0493. The largest absolute Gasteiger partial charge is 0.377 e. The Morgan fingerprint density at radius 2 is 1.22 bits per heavy atom. The van der Waals surface area contributed by atoms with Crippen molar-refractivity contribution in [2.24, 2.45) is 0 Å². The molecule has 0 bridgehead atoms. The number of rotatable bonds is 4. The van der Waals surface area contributed by atoms with Gasteiger partial charge in [-0.05, 0) is 0 Å². The molecule has 18 heavy (non-hydrogen) atoms. The second kappa shape index (κ2) is 8.79. The van der Waals surface area contributed by atoms with Gasteiger partial charge in [0.05, 0.1) is 66.1 Å². The molecule has 2 aliphatic rings. The third-order valence-electron chi connectivity index (χ3n) is 2.64. The highest BCUT2D eigenvalue weighted by Crippen LogP contribution is 2.09. The van der Waals surface area contributed by atoms with E-state index in [1.165, 1.54) is 0 Å². The first kappa shape index (κ1) is 14.2. The minimum atomic E-state index is -0.0493. The highest BCUT2D eigenvalue weighted by molar-refractivity contribution is 4.68. The third-order valence-corrected chi connectivity index (χ3v) is 2.64. The molecule has 0 aromatic rings. The van der Waals surface area contributed by atoms with Crippen LogP contribution in [0, 0.1) is 0 Å². The van der Waals surface area contributed by atoms with E-state index in [0.29, 0.717) is 59.5 Å². The van der Waals surface area contributed by atoms with Crippen LogP contribution in [0.4, 0.5) is 0 Å². The summed E-state index contributed by atoms with van der Waals surface area (Å²) in [6, 6.07) is 0. The number of epoxide rings is 1. The zero-order valence-corrected chi connectivity index (χ0v) is 10.7. The molecule has 2 atom stereocenters. The average Bonchev–Trinajstić information content (AvgIpc) is 3.16. The molecule has 2 rings (SSSR count). The van der Waals surface area contributed by atoms with Crippen LogP contribution in [0.5, 0.6) is 0 Å². The van der Waals surface area contributed by atoms with Gasteiger partial charge in [0.2, 0.25) is 0 Å². The topological polar surface area (TPSA) is 58.7 Å². The van der Waals surface area contributed by atoms with Crippen LogP contribution in [0.3, 0.4) is 0 Å². The minimum Gasteiger partial charge on any atom is -0.377 e. The average molecular weight is 262 g/mol. The Kier molecular flexibility index (Phi) is 6.92. The van der Waals surface area contributed by atoms with Crippen molar-refractivity contribution in [1.82, 2.24) is 0 Å². The van der Waals surface area contributed by atoms with Crippen LogP contribution in [0.15, 0.2) is 0 Å². The molecule has 2 heterocycles. The molecule has 0 saturated carbocycles. The summed E-state index contributed by atoms with van der Waals surface area (Å²) in [5, 5.41) is 0. The van der Waals surface area contributed by atoms with Crippen LogP contribution in [0.25, 0.3) is 0 Å². The molecule has 2 fully saturated rings. The lowest BCUT2D eigenvalue weighted by atomic mass is 10.4. The van der Waals surface area contributed by atoms with Crippen molar-refractivity contribution in [3.05, 3.63) is 0 Å². The van der Waals surface area contributed by atoms with E-state index in [0.717, 1.165) is 6.61 Å². The van der Waals surface area contributed by atoms with Gasteiger partial charge in [-0.3, -0.25) is 0 Å². The Hall–Kier alpha value is -0.240. The smallest absolute Gasteiger partial charge is 0.104 e. The molecule has 2 aliphatic heterocycles. The first-order chi connectivity index (χ1) is 8.95. The Morgan fingerprint density at radius 3 is 1.89 bits per heavy atom. The van der Waals surface area contributed by atoms with E-state index >= 15 is 0 Å². The highest BCUT2D eigenvalue weighted by atomic mass is 16.6. The highest BCUT2D eigenvalue weighted by Gasteiger charge is 2.23. The van der Waals surface area contributed by atoms with Gasteiger partial charge >= 0.3 is 0 Å². The molecule has 6 nitrogen and oxygen atoms in total. The Bertz CT molecular complexity index is 197. The Balaban J connectivity index is 1.60. The van der Waals surface area contributed by atoms with Gasteiger partial charge in [-0.15, -0.1) is 0 Å². The number of ether oxygens (including phenoxy) is 6. The lowest BCUT2D eigenvalue weighted by Crippen LogP contribution is -2.29. The number of hydrogen-bond donors (Lipinski definition) is 0. The van der Waals surface area contributed by atoms with Gasteiger partial charge in [-0.2, -0.15) is 0 Å². The maximum Gasteiger partial charge on any atom is 0.104 e. The summed E-state index contributed by atoms with van der Waals surface area (Å²) in [4.78, 5) is 0. The van der Waals surface area contributed by atoms with Crippen LogP contribution in [-0.2, 0) is 28.4 Å². The van der Waals surface area contributed by atoms with Crippen molar-refractivity contribution in [2.75, 3.05) is 66.1 Å². The summed E-state index contributed by atoms with van der Waals surface area (Å²) in [6.45, 7) is 6.00. The molecule has 0 amide bonds. The summed E-state index contributed by atoms with van der Waals surface area (Å²) in [5.74, 6) is 0. The molecule has 106 valence electrons. The Morgan fingerprint density at radius 1 is 0.667 bits per heavy atom. The van der Waals surface area contributed by atoms with Crippen LogP contribution < -0.4 is 0 Å². The second-order valence-electron chi connectivity index (χ2n) is 4.29. The summed E-state index contributed by atoms with van der Waals surface area (Å²) >= 11 is 0. The predicted octanol–water partition coefficient (Wildman–Crippen LogP) is -0.150. The molecule has 0 aromatic heterocycles. The summed E-state index contributed by atoms with van der Waals surface area (Å²) in [6.07, 6.45) is 0.237. The quantitative estimate of drug-likeness (QED) is 0.657. The lowest BCUT2D eigenvalue weighted by Gasteiger charge is -2.19. The van der Waals surface area contributed by atoms with E-state index in [9.17, 15) is 0 Å². The molecule has 0 aliphatic carbocycles. The third kappa shape index (κ3) is 6.63. The van der Waals surface area contributed by atoms with Gasteiger partial charge in [0.25, 0.3) is 0 Å². The van der Waals surface area contributed by atoms with Gasteiger partial charge in [0.15, 0.2) is 0 Å². The van der Waals surface area contributed by atoms with Crippen LogP contribution in [0.2, 0.25) is 0 Å². The standard InChI is InChI=1S/C12H22O6/c1-2-14-5-6-17-11(7-15-4-3-13-1)8-16-9-12-10-18-12/h11-12H,1-10H2. The fraction of sp³-hybridized carbons (Fsp3) is 1.00. The molecular formula is C12H22O6. The molecule has 2 unspecified atom stereocenters. The van der Waals surface area contributed by atoms with Crippen LogP contribution in [-0.4, -0.2) is 78.3 Å². The normalized spacial score (nSPS) is 31.3. The summed E-state index contributed by atoms with van der Waals surface area (Å²) in [5.41, 5.74) is 0. The Labute approximate surface area is 107 Å². The predicted molar refractivity (Wildman–Crippen MR) is 62.8 cm³/mol. The number of hydrogen-bond acceptors (Lipinski definition) is 6. The van der Waals surface area contributed by atoms with Crippen molar-refractivity contribution in [3.8, 4) is 0 Å². The van der Waals surface area contributed by atoms with Gasteiger partial charge in [0, 0.05) is 0 Å². The zero-order valence-electron chi connectivity index (χ0n) is 10.7. The molecule has 0 N–H and O–H groups in total.